The Morgan fingerprint density at radius 2 is 2.30 bits per heavy atom. The van der Waals surface area contributed by atoms with Crippen molar-refractivity contribution in [3.63, 3.8) is 0 Å². The summed E-state index contributed by atoms with van der Waals surface area (Å²) in [5, 5.41) is 0. The minimum absolute atomic E-state index is 0.0135. The summed E-state index contributed by atoms with van der Waals surface area (Å²) in [6.07, 6.45) is 16.6. The Morgan fingerprint density at radius 3 is 2.95 bits per heavy atom. The van der Waals surface area contributed by atoms with E-state index in [9.17, 15) is 0 Å². The van der Waals surface area contributed by atoms with Crippen molar-refractivity contribution < 1.29 is 9.47 Å². The number of rotatable bonds is 11. The maximum Gasteiger partial charge on any atom is 0.115 e. The molecule has 20 heavy (non-hydrogen) atoms. The first-order valence-electron chi connectivity index (χ1n) is 7.48. The Hall–Kier alpha value is -1.06. The molecule has 0 spiro atoms. The fraction of sp³-hybridized carbons (Fsp3) is 0.588. The molecular formula is C17H28NO2. The summed E-state index contributed by atoms with van der Waals surface area (Å²) in [5.74, 6) is 0.919. The Bertz CT molecular complexity index is 323. The molecule has 3 heteroatoms. The molecule has 0 aromatic carbocycles. The second kappa shape index (κ2) is 10.7. The highest BCUT2D eigenvalue weighted by Crippen LogP contribution is 2.14. The van der Waals surface area contributed by atoms with Crippen molar-refractivity contribution in [2.24, 2.45) is 5.73 Å². The van der Waals surface area contributed by atoms with Gasteiger partial charge in [-0.3, -0.25) is 0 Å². The molecule has 0 bridgehead atoms. The van der Waals surface area contributed by atoms with Crippen LogP contribution in [-0.2, 0) is 9.47 Å². The van der Waals surface area contributed by atoms with Gasteiger partial charge in [-0.05, 0) is 50.7 Å². The van der Waals surface area contributed by atoms with Gasteiger partial charge in [-0.25, -0.2) is 0 Å². The van der Waals surface area contributed by atoms with Gasteiger partial charge < -0.3 is 15.2 Å². The van der Waals surface area contributed by atoms with Crippen LogP contribution < -0.4 is 5.73 Å². The van der Waals surface area contributed by atoms with E-state index in [1.54, 1.807) is 7.11 Å². The van der Waals surface area contributed by atoms with Crippen molar-refractivity contribution in [1.29, 1.82) is 0 Å². The van der Waals surface area contributed by atoms with Crippen LogP contribution in [0.2, 0.25) is 0 Å². The van der Waals surface area contributed by atoms with Crippen LogP contribution in [0.3, 0.4) is 0 Å². The lowest BCUT2D eigenvalue weighted by Crippen LogP contribution is -2.31. The first kappa shape index (κ1) is 17.0. The van der Waals surface area contributed by atoms with Gasteiger partial charge in [-0.1, -0.05) is 18.6 Å². The fourth-order valence-electron chi connectivity index (χ4n) is 2.20. The molecule has 3 nitrogen and oxygen atoms in total. The number of methoxy groups -OCH3 is 1. The van der Waals surface area contributed by atoms with E-state index in [1.807, 2.05) is 18.2 Å². The quantitative estimate of drug-likeness (QED) is 0.464. The van der Waals surface area contributed by atoms with Crippen molar-refractivity contribution in [3.05, 3.63) is 43.1 Å². The maximum absolute atomic E-state index is 6.12. The smallest absolute Gasteiger partial charge is 0.115 e. The van der Waals surface area contributed by atoms with E-state index in [0.29, 0.717) is 6.61 Å². The van der Waals surface area contributed by atoms with E-state index in [1.165, 1.54) is 6.42 Å². The third-order valence-corrected chi connectivity index (χ3v) is 3.40. The Morgan fingerprint density at radius 1 is 1.45 bits per heavy atom. The number of allylic oxidation sites excluding steroid dienone is 4. The van der Waals surface area contributed by atoms with E-state index in [0.717, 1.165) is 37.9 Å². The van der Waals surface area contributed by atoms with Gasteiger partial charge in [0.2, 0.25) is 0 Å². The zero-order valence-corrected chi connectivity index (χ0v) is 12.6. The topological polar surface area (TPSA) is 44.5 Å². The van der Waals surface area contributed by atoms with Crippen LogP contribution >= 0.6 is 0 Å². The molecule has 113 valence electrons. The van der Waals surface area contributed by atoms with Gasteiger partial charge in [0.1, 0.15) is 12.4 Å². The molecule has 2 N–H and O–H groups in total. The molecule has 0 saturated carbocycles. The molecule has 0 aliphatic heterocycles. The van der Waals surface area contributed by atoms with E-state index < -0.39 is 0 Å². The molecule has 0 saturated heterocycles. The van der Waals surface area contributed by atoms with Gasteiger partial charge in [0, 0.05) is 13.2 Å². The van der Waals surface area contributed by atoms with Crippen LogP contribution in [0.25, 0.3) is 0 Å². The van der Waals surface area contributed by atoms with Crippen LogP contribution in [-0.4, -0.2) is 25.9 Å². The summed E-state index contributed by atoms with van der Waals surface area (Å²) in [7, 11) is 1.76. The largest absolute Gasteiger partial charge is 0.492 e. The molecule has 0 amide bonds. The predicted octanol–water partition coefficient (Wildman–Crippen LogP) is 3.53. The van der Waals surface area contributed by atoms with Crippen molar-refractivity contribution in [3.8, 4) is 0 Å². The first-order chi connectivity index (χ1) is 9.76. The fourth-order valence-corrected chi connectivity index (χ4v) is 2.20. The van der Waals surface area contributed by atoms with Crippen molar-refractivity contribution in [2.45, 2.75) is 50.7 Å². The van der Waals surface area contributed by atoms with Gasteiger partial charge in [0.15, 0.2) is 0 Å². The van der Waals surface area contributed by atoms with Gasteiger partial charge in [0.25, 0.3) is 0 Å². The molecule has 0 fully saturated rings. The lowest BCUT2D eigenvalue weighted by Gasteiger charge is -2.20. The van der Waals surface area contributed by atoms with Gasteiger partial charge in [-0.15, -0.1) is 6.58 Å². The number of unbranched alkanes of at least 4 members (excludes halogenated alkanes) is 2. The SMILES string of the molecule is C=CCCCCC(CC(N)COC1=CC[CH]C=C1)OC. The highest BCUT2D eigenvalue weighted by Gasteiger charge is 2.13. The minimum atomic E-state index is 0.0135. The third-order valence-electron chi connectivity index (χ3n) is 3.40. The molecule has 1 aliphatic rings. The third kappa shape index (κ3) is 7.51. The normalized spacial score (nSPS) is 17.4. The Kier molecular flexibility index (Phi) is 9.09. The average Bonchev–Trinajstić information content (AvgIpc) is 2.49. The number of hydrogen-bond acceptors (Lipinski definition) is 3. The van der Waals surface area contributed by atoms with Gasteiger partial charge in [0.05, 0.1) is 6.10 Å². The molecule has 0 aromatic rings. The van der Waals surface area contributed by atoms with Crippen molar-refractivity contribution in [1.82, 2.24) is 0 Å². The molecule has 0 aromatic heterocycles. The molecule has 0 heterocycles. The monoisotopic (exact) mass is 278 g/mol. The standard InChI is InChI=1S/C17H28NO2/c1-3-4-5-7-12-17(19-2)13-15(18)14-20-16-10-8-6-9-11-16/h3,6,8,10-11,15,17H,1,4-5,7,9,12-14,18H2,2H3. The van der Waals surface area contributed by atoms with Crippen LogP contribution in [0.15, 0.2) is 36.6 Å². The summed E-state index contributed by atoms with van der Waals surface area (Å²) in [6, 6.07) is 0.0135. The van der Waals surface area contributed by atoms with Crippen LogP contribution in [0.1, 0.15) is 38.5 Å². The van der Waals surface area contributed by atoms with Crippen LogP contribution in [0.5, 0.6) is 0 Å². The number of hydrogen-bond donors (Lipinski definition) is 1. The minimum Gasteiger partial charge on any atom is -0.492 e. The molecule has 2 unspecified atom stereocenters. The van der Waals surface area contributed by atoms with E-state index in [4.69, 9.17) is 15.2 Å². The van der Waals surface area contributed by atoms with Crippen LogP contribution in [0.4, 0.5) is 0 Å². The van der Waals surface area contributed by atoms with E-state index in [-0.39, 0.29) is 12.1 Å². The summed E-state index contributed by atoms with van der Waals surface area (Å²) >= 11 is 0. The maximum atomic E-state index is 6.12. The predicted molar refractivity (Wildman–Crippen MR) is 84.1 cm³/mol. The van der Waals surface area contributed by atoms with E-state index >= 15 is 0 Å². The highest BCUT2D eigenvalue weighted by atomic mass is 16.5. The van der Waals surface area contributed by atoms with Crippen molar-refractivity contribution >= 4 is 0 Å². The summed E-state index contributed by atoms with van der Waals surface area (Å²) in [4.78, 5) is 0. The van der Waals surface area contributed by atoms with Gasteiger partial charge in [-0.2, -0.15) is 0 Å². The second-order valence-corrected chi connectivity index (χ2v) is 5.17. The first-order valence-corrected chi connectivity index (χ1v) is 7.48. The second-order valence-electron chi connectivity index (χ2n) is 5.17. The summed E-state index contributed by atoms with van der Waals surface area (Å²) < 4.78 is 11.2. The molecule has 2 atom stereocenters. The molecular weight excluding hydrogens is 250 g/mol. The van der Waals surface area contributed by atoms with E-state index in [2.05, 4.69) is 19.1 Å². The summed E-state index contributed by atoms with van der Waals surface area (Å²) in [6.45, 7) is 4.28. The molecule has 1 aliphatic carbocycles. The van der Waals surface area contributed by atoms with Crippen molar-refractivity contribution in [2.75, 3.05) is 13.7 Å². The lowest BCUT2D eigenvalue weighted by molar-refractivity contribution is 0.0699. The Balaban J connectivity index is 2.17. The highest BCUT2D eigenvalue weighted by molar-refractivity contribution is 5.21. The zero-order valence-electron chi connectivity index (χ0n) is 12.6. The van der Waals surface area contributed by atoms with Gasteiger partial charge >= 0.3 is 0 Å². The number of ether oxygens (including phenoxy) is 2. The molecule has 1 rings (SSSR count). The number of nitrogens with two attached hydrogens (primary N) is 1. The van der Waals surface area contributed by atoms with Crippen LogP contribution in [0, 0.1) is 6.42 Å². The Labute approximate surface area is 123 Å². The lowest BCUT2D eigenvalue weighted by atomic mass is 10.0. The zero-order chi connectivity index (χ0) is 14.6. The average molecular weight is 278 g/mol. The summed E-state index contributed by atoms with van der Waals surface area (Å²) in [5.41, 5.74) is 6.12. The molecule has 1 radical (unpaired) electrons.